The summed E-state index contributed by atoms with van der Waals surface area (Å²) in [4.78, 5) is 28.5. The van der Waals surface area contributed by atoms with E-state index in [0.717, 1.165) is 4.31 Å². The lowest BCUT2D eigenvalue weighted by atomic mass is 10.1. The van der Waals surface area contributed by atoms with Gasteiger partial charge in [0, 0.05) is 34.8 Å². The van der Waals surface area contributed by atoms with Crippen molar-refractivity contribution in [3.05, 3.63) is 76.3 Å². The van der Waals surface area contributed by atoms with Gasteiger partial charge in [0.05, 0.1) is 31.4 Å². The molecule has 45 heavy (non-hydrogen) atoms. The zero-order valence-electron chi connectivity index (χ0n) is 26.2. The second kappa shape index (κ2) is 16.1. The van der Waals surface area contributed by atoms with Crippen molar-refractivity contribution in [1.82, 2.24) is 10.2 Å². The van der Waals surface area contributed by atoms with Gasteiger partial charge in [-0.15, -0.1) is 0 Å². The number of hydrogen-bond donors (Lipinski definition) is 1. The van der Waals surface area contributed by atoms with Crippen LogP contribution in [0.5, 0.6) is 17.2 Å². The largest absolute Gasteiger partial charge is 0.494 e. The fourth-order valence-electron chi connectivity index (χ4n) is 4.40. The van der Waals surface area contributed by atoms with E-state index in [2.05, 4.69) is 5.32 Å². The number of carbonyl (C=O) groups excluding carboxylic acids is 2. The summed E-state index contributed by atoms with van der Waals surface area (Å²) in [6.45, 7) is 7.33. The van der Waals surface area contributed by atoms with Crippen LogP contribution in [0.25, 0.3) is 0 Å². The second-order valence-corrected chi connectivity index (χ2v) is 13.2. The summed E-state index contributed by atoms with van der Waals surface area (Å²) in [7, 11) is -1.53. The fraction of sp³-hybridized carbons (Fsp3) is 0.375. The van der Waals surface area contributed by atoms with Gasteiger partial charge in [0.2, 0.25) is 11.8 Å². The lowest BCUT2D eigenvalue weighted by Gasteiger charge is -2.32. The average Bonchev–Trinajstić information content (AvgIpc) is 3.02. The molecule has 0 aliphatic carbocycles. The molecule has 0 radical (unpaired) electrons. The number of amides is 2. The molecular weight excluding hydrogens is 641 g/mol. The van der Waals surface area contributed by atoms with E-state index in [0.29, 0.717) is 40.3 Å². The molecule has 0 fully saturated rings. The first-order valence-corrected chi connectivity index (χ1v) is 16.5. The molecule has 0 heterocycles. The van der Waals surface area contributed by atoms with E-state index >= 15 is 0 Å². The van der Waals surface area contributed by atoms with E-state index in [4.69, 9.17) is 37.4 Å². The summed E-state index contributed by atoms with van der Waals surface area (Å²) in [5, 5.41) is 3.45. The number of anilines is 1. The van der Waals surface area contributed by atoms with Crippen LogP contribution in [0.15, 0.2) is 65.6 Å². The molecule has 0 spiro atoms. The highest BCUT2D eigenvalue weighted by atomic mass is 35.5. The van der Waals surface area contributed by atoms with Crippen LogP contribution < -0.4 is 23.8 Å². The number of hydrogen-bond acceptors (Lipinski definition) is 7. The summed E-state index contributed by atoms with van der Waals surface area (Å²) in [6, 6.07) is 14.4. The van der Waals surface area contributed by atoms with Crippen molar-refractivity contribution >= 4 is 50.7 Å². The first kappa shape index (κ1) is 35.8. The van der Waals surface area contributed by atoms with E-state index in [1.54, 1.807) is 49.4 Å². The maximum Gasteiger partial charge on any atom is 0.264 e. The van der Waals surface area contributed by atoms with Crippen LogP contribution >= 0.6 is 23.2 Å². The Balaban J connectivity index is 2.10. The zero-order chi connectivity index (χ0) is 33.3. The predicted molar refractivity (Wildman–Crippen MR) is 176 cm³/mol. The van der Waals surface area contributed by atoms with Gasteiger partial charge < -0.3 is 24.4 Å². The Hall–Kier alpha value is -3.67. The highest BCUT2D eigenvalue weighted by Gasteiger charge is 2.33. The molecule has 0 unspecified atom stereocenters. The molecule has 0 aliphatic rings. The lowest BCUT2D eigenvalue weighted by Crippen LogP contribution is -2.51. The minimum Gasteiger partial charge on any atom is -0.494 e. The lowest BCUT2D eigenvalue weighted by molar-refractivity contribution is -0.139. The topological polar surface area (TPSA) is 114 Å². The predicted octanol–water partition coefficient (Wildman–Crippen LogP) is 5.79. The Kier molecular flexibility index (Phi) is 12.8. The number of benzene rings is 3. The molecule has 1 atom stereocenters. The van der Waals surface area contributed by atoms with Gasteiger partial charge in [0.1, 0.15) is 18.3 Å². The van der Waals surface area contributed by atoms with E-state index < -0.39 is 34.4 Å². The third-order valence-electron chi connectivity index (χ3n) is 6.90. The molecule has 244 valence electrons. The quantitative estimate of drug-likeness (QED) is 0.216. The number of rotatable bonds is 15. The Bertz CT molecular complexity index is 1560. The van der Waals surface area contributed by atoms with Crippen molar-refractivity contribution in [3.63, 3.8) is 0 Å². The maximum absolute atomic E-state index is 14.2. The monoisotopic (exact) mass is 679 g/mol. The summed E-state index contributed by atoms with van der Waals surface area (Å²) in [5.41, 5.74) is 0.627. The number of ether oxygens (including phenoxy) is 3. The number of nitrogens with one attached hydrogen (secondary N) is 1. The minimum atomic E-state index is -4.37. The van der Waals surface area contributed by atoms with Gasteiger partial charge in [-0.1, -0.05) is 43.1 Å². The van der Waals surface area contributed by atoms with Gasteiger partial charge in [-0.25, -0.2) is 8.42 Å². The molecule has 3 aromatic rings. The highest BCUT2D eigenvalue weighted by Crippen LogP contribution is 2.33. The standard InChI is InChI=1S/C32H39Cl2N3O7S/c1-7-44-24-13-11-23(12-14-24)37(45(40,41)25-15-16-29(42-5)30(17-25)43-6)20-31(38)36(22(4)32(39)35-18-21(2)3)19-26-27(33)9-8-10-28(26)34/h8-17,21-22H,7,18-20H2,1-6H3,(H,35,39)/t22-/m0/s1. The van der Waals surface area contributed by atoms with Crippen molar-refractivity contribution in [1.29, 1.82) is 0 Å². The van der Waals surface area contributed by atoms with E-state index in [1.807, 2.05) is 20.8 Å². The third kappa shape index (κ3) is 8.96. The normalized spacial score (nSPS) is 11.9. The number of methoxy groups -OCH3 is 2. The third-order valence-corrected chi connectivity index (χ3v) is 9.38. The van der Waals surface area contributed by atoms with Crippen LogP contribution in [-0.2, 0) is 26.2 Å². The SMILES string of the molecule is CCOc1ccc(N(CC(=O)N(Cc2c(Cl)cccc2Cl)[C@@H](C)C(=O)NCC(C)C)S(=O)(=O)c2ccc(OC)c(OC)c2)cc1. The Morgan fingerprint density at radius 1 is 0.911 bits per heavy atom. The summed E-state index contributed by atoms with van der Waals surface area (Å²) < 4.78 is 45.6. The van der Waals surface area contributed by atoms with E-state index in [9.17, 15) is 18.0 Å². The molecule has 3 aromatic carbocycles. The maximum atomic E-state index is 14.2. The van der Waals surface area contributed by atoms with Crippen molar-refractivity contribution in [2.24, 2.45) is 5.92 Å². The fourth-order valence-corrected chi connectivity index (χ4v) is 6.34. The van der Waals surface area contributed by atoms with Crippen LogP contribution in [0, 0.1) is 5.92 Å². The molecule has 0 aromatic heterocycles. The van der Waals surface area contributed by atoms with Crippen LogP contribution in [-0.4, -0.2) is 65.1 Å². The Labute approximate surface area is 275 Å². The van der Waals surface area contributed by atoms with Crippen LogP contribution in [0.3, 0.4) is 0 Å². The summed E-state index contributed by atoms with van der Waals surface area (Å²) in [5.74, 6) is 0.171. The van der Waals surface area contributed by atoms with Gasteiger partial charge in [-0.05, 0) is 68.3 Å². The molecule has 3 rings (SSSR count). The zero-order valence-corrected chi connectivity index (χ0v) is 28.5. The van der Waals surface area contributed by atoms with Crippen LogP contribution in [0.1, 0.15) is 33.3 Å². The Morgan fingerprint density at radius 3 is 2.09 bits per heavy atom. The smallest absolute Gasteiger partial charge is 0.264 e. The average molecular weight is 681 g/mol. The van der Waals surface area contributed by atoms with Gasteiger partial charge in [-0.2, -0.15) is 0 Å². The minimum absolute atomic E-state index is 0.134. The molecule has 2 amide bonds. The number of halogens is 2. The first-order chi connectivity index (χ1) is 21.3. The first-order valence-electron chi connectivity index (χ1n) is 14.3. The van der Waals surface area contributed by atoms with Crippen LogP contribution in [0.4, 0.5) is 5.69 Å². The number of nitrogens with zero attached hydrogens (tertiary/aromatic N) is 2. The molecule has 13 heteroatoms. The number of carbonyl (C=O) groups is 2. The highest BCUT2D eigenvalue weighted by molar-refractivity contribution is 7.92. The van der Waals surface area contributed by atoms with E-state index in [-0.39, 0.29) is 28.8 Å². The Morgan fingerprint density at radius 2 is 1.53 bits per heavy atom. The molecule has 10 nitrogen and oxygen atoms in total. The van der Waals surface area contributed by atoms with Gasteiger partial charge in [0.25, 0.3) is 10.0 Å². The number of sulfonamides is 1. The van der Waals surface area contributed by atoms with Crippen LogP contribution in [0.2, 0.25) is 10.0 Å². The molecule has 0 aliphatic heterocycles. The molecule has 1 N–H and O–H groups in total. The van der Waals surface area contributed by atoms with Crippen molar-refractivity contribution in [2.45, 2.75) is 45.2 Å². The van der Waals surface area contributed by atoms with Gasteiger partial charge in [0.15, 0.2) is 11.5 Å². The molecule has 0 saturated carbocycles. The second-order valence-electron chi connectivity index (χ2n) is 10.5. The summed E-state index contributed by atoms with van der Waals surface area (Å²) >= 11 is 12.9. The van der Waals surface area contributed by atoms with E-state index in [1.165, 1.54) is 37.3 Å². The molecule has 0 saturated heterocycles. The van der Waals surface area contributed by atoms with Gasteiger partial charge in [-0.3, -0.25) is 13.9 Å². The summed E-state index contributed by atoms with van der Waals surface area (Å²) in [6.07, 6.45) is 0. The van der Waals surface area contributed by atoms with Gasteiger partial charge >= 0.3 is 0 Å². The molecular formula is C32H39Cl2N3O7S. The van der Waals surface area contributed by atoms with Crippen molar-refractivity contribution < 1.29 is 32.2 Å². The van der Waals surface area contributed by atoms with Crippen molar-refractivity contribution in [3.8, 4) is 17.2 Å². The van der Waals surface area contributed by atoms with Crippen molar-refractivity contribution in [2.75, 3.05) is 38.2 Å². The molecule has 0 bridgehead atoms.